The largest absolute Gasteiger partial charge is 0.469 e. The van der Waals surface area contributed by atoms with Gasteiger partial charge >= 0.3 is 0 Å². The standard InChI is InChI=1S/C34H35FN4O6/c1-15(2)26-32-39-27(31-36-17(5)14-43-31)29(45-32)34-21-13-20(35)7-8-23(21)37-33(34)44-25-9-6-18(11-22(25)34)10-19(30(42)38-26)12-24(40)28(41)16(3)4/h6-9,11,13-16,19,26,28,33,37,41H,10,12H2,1-5H3,(H,38,42)/t19?,26-,28-,33?,34-/m0/s1. The Bertz CT molecular complexity index is 1830. The number of nitrogens with zero attached hydrogens (tertiary/aromatic N) is 2. The Morgan fingerprint density at radius 2 is 1.91 bits per heavy atom. The number of carbonyl (C=O) groups is 2. The zero-order chi connectivity index (χ0) is 31.8. The van der Waals surface area contributed by atoms with E-state index >= 15 is 4.39 Å². The molecule has 10 nitrogen and oxygen atoms in total. The van der Waals surface area contributed by atoms with Crippen molar-refractivity contribution in [1.82, 2.24) is 15.3 Å². The van der Waals surface area contributed by atoms with Crippen molar-refractivity contribution < 1.29 is 32.7 Å². The van der Waals surface area contributed by atoms with Crippen LogP contribution in [-0.4, -0.2) is 39.1 Å². The number of aryl methyl sites for hydroxylation is 1. The van der Waals surface area contributed by atoms with Crippen LogP contribution in [0.15, 0.2) is 51.5 Å². The maximum atomic E-state index is 15.0. The molecule has 5 heterocycles. The first kappa shape index (κ1) is 29.2. The Balaban J connectivity index is 1.49. The van der Waals surface area contributed by atoms with Crippen LogP contribution in [0.4, 0.5) is 10.1 Å². The molecule has 2 aromatic carbocycles. The monoisotopic (exact) mass is 614 g/mol. The van der Waals surface area contributed by atoms with Crippen LogP contribution in [0.1, 0.15) is 74.2 Å². The van der Waals surface area contributed by atoms with E-state index in [4.69, 9.17) is 18.6 Å². The van der Waals surface area contributed by atoms with Gasteiger partial charge in [0.05, 0.1) is 5.69 Å². The molecule has 234 valence electrons. The smallest absolute Gasteiger partial charge is 0.249 e. The molecule has 0 aliphatic carbocycles. The number of aromatic nitrogens is 2. The fourth-order valence-corrected chi connectivity index (χ4v) is 6.78. The Hall–Kier alpha value is -4.51. The number of anilines is 1. The number of nitrogens with one attached hydrogen (secondary N) is 2. The lowest BCUT2D eigenvalue weighted by atomic mass is 9.72. The first-order valence-corrected chi connectivity index (χ1v) is 15.3. The summed E-state index contributed by atoms with van der Waals surface area (Å²) < 4.78 is 34.1. The second-order valence-corrected chi connectivity index (χ2v) is 13.0. The van der Waals surface area contributed by atoms with Crippen molar-refractivity contribution in [2.24, 2.45) is 17.8 Å². The Labute approximate surface area is 259 Å². The van der Waals surface area contributed by atoms with Crippen LogP contribution in [0, 0.1) is 30.5 Å². The molecule has 0 fully saturated rings. The minimum atomic E-state index is -1.20. The summed E-state index contributed by atoms with van der Waals surface area (Å²) in [6.45, 7) is 9.19. The third-order valence-corrected chi connectivity index (χ3v) is 9.12. The van der Waals surface area contributed by atoms with Crippen molar-refractivity contribution in [3.05, 3.63) is 82.5 Å². The third-order valence-electron chi connectivity index (χ3n) is 9.12. The van der Waals surface area contributed by atoms with Crippen LogP contribution in [-0.2, 0) is 21.4 Å². The fraction of sp³-hybridized carbons (Fsp3) is 0.412. The summed E-state index contributed by atoms with van der Waals surface area (Å²) in [4.78, 5) is 36.5. The van der Waals surface area contributed by atoms with E-state index < -0.39 is 41.3 Å². The van der Waals surface area contributed by atoms with Gasteiger partial charge in [-0.25, -0.2) is 14.4 Å². The Kier molecular flexibility index (Phi) is 6.85. The number of halogens is 1. The van der Waals surface area contributed by atoms with Crippen LogP contribution in [0.25, 0.3) is 11.6 Å². The van der Waals surface area contributed by atoms with Crippen molar-refractivity contribution >= 4 is 17.4 Å². The number of oxazole rings is 2. The Morgan fingerprint density at radius 1 is 1.11 bits per heavy atom. The molecule has 0 saturated carbocycles. The highest BCUT2D eigenvalue weighted by Crippen LogP contribution is 2.59. The minimum absolute atomic E-state index is 0.148. The van der Waals surface area contributed by atoms with Crippen LogP contribution in [0.3, 0.4) is 0 Å². The highest BCUT2D eigenvalue weighted by atomic mass is 19.1. The molecule has 2 aromatic heterocycles. The number of amides is 1. The van der Waals surface area contributed by atoms with E-state index in [2.05, 4.69) is 15.6 Å². The predicted octanol–water partition coefficient (Wildman–Crippen LogP) is 5.22. The number of benzene rings is 2. The van der Waals surface area contributed by atoms with E-state index in [-0.39, 0.29) is 42.4 Å². The molecule has 11 heteroatoms. The van der Waals surface area contributed by atoms with Gasteiger partial charge < -0.3 is 29.3 Å². The van der Waals surface area contributed by atoms with Gasteiger partial charge in [-0.05, 0) is 55.0 Å². The average Bonchev–Trinajstić information content (AvgIpc) is 3.75. The summed E-state index contributed by atoms with van der Waals surface area (Å²) in [5.41, 5.74) is 2.50. The second kappa shape index (κ2) is 10.5. The average molecular weight is 615 g/mol. The Morgan fingerprint density at radius 3 is 2.62 bits per heavy atom. The first-order valence-electron chi connectivity index (χ1n) is 15.3. The quantitative estimate of drug-likeness (QED) is 0.267. The summed E-state index contributed by atoms with van der Waals surface area (Å²) in [6.07, 6.45) is -0.310. The number of ketones is 1. The van der Waals surface area contributed by atoms with Gasteiger partial charge in [-0.1, -0.05) is 39.8 Å². The fourth-order valence-electron chi connectivity index (χ4n) is 6.78. The molecule has 1 spiro atoms. The maximum Gasteiger partial charge on any atom is 0.249 e. The molecule has 7 rings (SSSR count). The number of rotatable bonds is 6. The van der Waals surface area contributed by atoms with E-state index in [1.807, 2.05) is 32.0 Å². The molecule has 5 atom stereocenters. The summed E-state index contributed by atoms with van der Waals surface area (Å²) in [7, 11) is 0. The topological polar surface area (TPSA) is 140 Å². The third kappa shape index (κ3) is 4.55. The summed E-state index contributed by atoms with van der Waals surface area (Å²) in [5.74, 6) is -1.08. The van der Waals surface area contributed by atoms with Gasteiger partial charge in [0.2, 0.25) is 17.7 Å². The van der Waals surface area contributed by atoms with E-state index in [1.165, 1.54) is 18.4 Å². The number of ether oxygens (including phenoxy) is 1. The lowest BCUT2D eigenvalue weighted by molar-refractivity contribution is -0.135. The molecule has 3 N–H and O–H groups in total. The van der Waals surface area contributed by atoms with Gasteiger partial charge in [-0.15, -0.1) is 0 Å². The molecular formula is C34H35FN4O6. The molecule has 3 aliphatic heterocycles. The number of aliphatic hydroxyl groups is 1. The summed E-state index contributed by atoms with van der Waals surface area (Å²) >= 11 is 0. The van der Waals surface area contributed by atoms with Crippen molar-refractivity contribution in [2.75, 3.05) is 5.32 Å². The van der Waals surface area contributed by atoms with E-state index in [0.29, 0.717) is 39.7 Å². The molecule has 2 unspecified atom stereocenters. The van der Waals surface area contributed by atoms with Gasteiger partial charge in [0.15, 0.2) is 23.5 Å². The SMILES string of the molecule is Cc1coc(-c2nc3oc2[C@@]24c5cc(F)ccc5NC2Oc2ccc(cc24)CC(CC(=O)[C@@H](O)C(C)C)C(=O)N[C@H]3C(C)C)n1. The van der Waals surface area contributed by atoms with E-state index in [9.17, 15) is 14.7 Å². The highest BCUT2D eigenvalue weighted by molar-refractivity contribution is 5.89. The number of Topliss-reactive ketones (excluding diaryl/α,β-unsaturated/α-hetero) is 1. The molecule has 45 heavy (non-hydrogen) atoms. The van der Waals surface area contributed by atoms with Gasteiger partial charge in [0.1, 0.15) is 35.4 Å². The molecule has 0 saturated heterocycles. The van der Waals surface area contributed by atoms with Gasteiger partial charge in [-0.3, -0.25) is 9.59 Å². The maximum absolute atomic E-state index is 15.0. The van der Waals surface area contributed by atoms with E-state index in [1.54, 1.807) is 26.8 Å². The first-order chi connectivity index (χ1) is 21.5. The zero-order valence-corrected chi connectivity index (χ0v) is 25.7. The second-order valence-electron chi connectivity index (χ2n) is 13.0. The van der Waals surface area contributed by atoms with Crippen molar-refractivity contribution in [2.45, 2.75) is 71.2 Å². The molecule has 1 amide bonds. The summed E-state index contributed by atoms with van der Waals surface area (Å²) in [6, 6.07) is 9.45. The number of fused-ring (bicyclic) bond motifs is 4. The molecule has 4 bridgehead atoms. The number of carbonyl (C=O) groups excluding carboxylic acids is 2. The number of aliphatic hydroxyl groups excluding tert-OH is 1. The van der Waals surface area contributed by atoms with Crippen LogP contribution in [0.2, 0.25) is 0 Å². The highest BCUT2D eigenvalue weighted by Gasteiger charge is 2.61. The molecular weight excluding hydrogens is 579 g/mol. The molecule has 4 aromatic rings. The minimum Gasteiger partial charge on any atom is -0.469 e. The van der Waals surface area contributed by atoms with Crippen LogP contribution >= 0.6 is 0 Å². The van der Waals surface area contributed by atoms with Crippen LogP contribution in [0.5, 0.6) is 5.75 Å². The van der Waals surface area contributed by atoms with Gasteiger partial charge in [0.25, 0.3) is 0 Å². The molecule has 3 aliphatic rings. The summed E-state index contributed by atoms with van der Waals surface area (Å²) in [5, 5.41) is 17.0. The van der Waals surface area contributed by atoms with Crippen molar-refractivity contribution in [1.29, 1.82) is 0 Å². The number of hydrogen-bond donors (Lipinski definition) is 3. The van der Waals surface area contributed by atoms with E-state index in [0.717, 1.165) is 5.56 Å². The van der Waals surface area contributed by atoms with Crippen LogP contribution < -0.4 is 15.4 Å². The van der Waals surface area contributed by atoms with Crippen molar-refractivity contribution in [3.8, 4) is 17.3 Å². The van der Waals surface area contributed by atoms with Crippen molar-refractivity contribution in [3.63, 3.8) is 0 Å². The van der Waals surface area contributed by atoms with Gasteiger partial charge in [-0.2, -0.15) is 0 Å². The normalized spacial score (nSPS) is 23.8. The lowest BCUT2D eigenvalue weighted by Gasteiger charge is -2.28. The lowest BCUT2D eigenvalue weighted by Crippen LogP contribution is -2.41. The predicted molar refractivity (Wildman–Crippen MR) is 161 cm³/mol. The zero-order valence-electron chi connectivity index (χ0n) is 25.7. The van der Waals surface area contributed by atoms with Gasteiger partial charge in [0, 0.05) is 29.2 Å². The number of hydrogen-bond acceptors (Lipinski definition) is 9. The molecule has 0 radical (unpaired) electrons.